The highest BCUT2D eigenvalue weighted by molar-refractivity contribution is 5.94. The number of anilines is 1. The Balaban J connectivity index is 1.74. The van der Waals surface area contributed by atoms with Crippen LogP contribution in [-0.2, 0) is 10.3 Å². The van der Waals surface area contributed by atoms with Crippen LogP contribution in [0, 0.1) is 0 Å². The maximum absolute atomic E-state index is 12.7. The maximum Gasteiger partial charge on any atom is 0.203 e. The van der Waals surface area contributed by atoms with Gasteiger partial charge in [0.05, 0.1) is 0 Å². The van der Waals surface area contributed by atoms with E-state index >= 15 is 0 Å². The molecule has 0 fully saturated rings. The largest absolute Gasteiger partial charge is 0.637 e. The zero-order valence-corrected chi connectivity index (χ0v) is 16.6. The first kappa shape index (κ1) is 19.6. The van der Waals surface area contributed by atoms with Crippen LogP contribution < -0.4 is 5.32 Å². The summed E-state index contributed by atoms with van der Waals surface area (Å²) in [7, 11) is 0. The average molecular weight is 391 g/mol. The number of benzene rings is 4. The van der Waals surface area contributed by atoms with E-state index in [0.717, 1.165) is 22.4 Å². The van der Waals surface area contributed by atoms with E-state index in [2.05, 4.69) is 41.7 Å². The van der Waals surface area contributed by atoms with Gasteiger partial charge in [0.15, 0.2) is 0 Å². The Morgan fingerprint density at radius 3 is 1.37 bits per heavy atom. The van der Waals surface area contributed by atoms with Crippen LogP contribution in [0.3, 0.4) is 0 Å². The standard InChI is InChI=1S/C27H23N2O/c30-26(29-25-19-11-4-12-20-25)21-28-27(22-13-5-1-6-14-22,23-15-7-2-8-16-23)24-17-9-3-10-18-24/h1-20H,21H2,(H,29,30)/q-1. The number of carbonyl (C=O) groups excluding carboxylic acids is 1. The Morgan fingerprint density at radius 2 is 0.967 bits per heavy atom. The molecule has 0 radical (unpaired) electrons. The molecule has 0 spiro atoms. The lowest BCUT2D eigenvalue weighted by Crippen LogP contribution is -2.31. The predicted octanol–water partition coefficient (Wildman–Crippen LogP) is 5.99. The van der Waals surface area contributed by atoms with Crippen molar-refractivity contribution < 1.29 is 4.79 Å². The molecular formula is C27H23N2O-. The van der Waals surface area contributed by atoms with E-state index < -0.39 is 5.54 Å². The zero-order chi connectivity index (χ0) is 20.7. The van der Waals surface area contributed by atoms with Crippen molar-refractivity contribution in [1.82, 2.24) is 0 Å². The molecule has 1 N–H and O–H groups in total. The third kappa shape index (κ3) is 4.17. The molecule has 0 saturated heterocycles. The van der Waals surface area contributed by atoms with Crippen LogP contribution in [0.4, 0.5) is 5.69 Å². The fourth-order valence-electron chi connectivity index (χ4n) is 3.72. The Morgan fingerprint density at radius 1 is 0.600 bits per heavy atom. The summed E-state index contributed by atoms with van der Waals surface area (Å²) >= 11 is 0. The Hall–Kier alpha value is -3.69. The van der Waals surface area contributed by atoms with Gasteiger partial charge in [-0.1, -0.05) is 132 Å². The van der Waals surface area contributed by atoms with E-state index in [0.29, 0.717) is 0 Å². The lowest BCUT2D eigenvalue weighted by Gasteiger charge is -2.48. The lowest BCUT2D eigenvalue weighted by atomic mass is 9.77. The molecule has 1 amide bonds. The average Bonchev–Trinajstić information content (AvgIpc) is 2.82. The second-order valence-electron chi connectivity index (χ2n) is 7.04. The normalized spacial score (nSPS) is 11.1. The summed E-state index contributed by atoms with van der Waals surface area (Å²) in [5.41, 5.74) is 3.06. The molecule has 4 aromatic rings. The molecule has 4 rings (SSSR count). The molecule has 0 aromatic heterocycles. The number of hydrogen-bond donors (Lipinski definition) is 1. The van der Waals surface area contributed by atoms with E-state index in [9.17, 15) is 4.79 Å². The van der Waals surface area contributed by atoms with E-state index in [4.69, 9.17) is 5.32 Å². The zero-order valence-electron chi connectivity index (χ0n) is 16.6. The first-order valence-electron chi connectivity index (χ1n) is 9.99. The predicted molar refractivity (Wildman–Crippen MR) is 123 cm³/mol. The number of nitrogens with one attached hydrogen (secondary N) is 1. The van der Waals surface area contributed by atoms with Crippen molar-refractivity contribution in [2.75, 3.05) is 11.9 Å². The van der Waals surface area contributed by atoms with Gasteiger partial charge in [0.2, 0.25) is 5.91 Å². The molecule has 3 nitrogen and oxygen atoms in total. The summed E-state index contributed by atoms with van der Waals surface area (Å²) in [4.78, 5) is 12.7. The van der Waals surface area contributed by atoms with Gasteiger partial charge in [0.25, 0.3) is 0 Å². The third-order valence-electron chi connectivity index (χ3n) is 5.09. The summed E-state index contributed by atoms with van der Waals surface area (Å²) in [6, 6.07) is 39.9. The summed E-state index contributed by atoms with van der Waals surface area (Å²) in [5.74, 6) is -0.145. The molecule has 148 valence electrons. The quantitative estimate of drug-likeness (QED) is 0.386. The van der Waals surface area contributed by atoms with Gasteiger partial charge in [0, 0.05) is 5.69 Å². The molecule has 4 aromatic carbocycles. The Labute approximate surface area is 177 Å². The van der Waals surface area contributed by atoms with Gasteiger partial charge in [-0.15, -0.1) is 0 Å². The molecule has 0 bridgehead atoms. The van der Waals surface area contributed by atoms with Crippen LogP contribution in [0.1, 0.15) is 16.7 Å². The maximum atomic E-state index is 12.7. The first-order valence-corrected chi connectivity index (χ1v) is 9.99. The van der Waals surface area contributed by atoms with Crippen LogP contribution >= 0.6 is 0 Å². The topological polar surface area (TPSA) is 43.2 Å². The highest BCUT2D eigenvalue weighted by atomic mass is 16.1. The number of rotatable bonds is 7. The molecule has 0 atom stereocenters. The van der Waals surface area contributed by atoms with Gasteiger partial charge in [-0.2, -0.15) is 0 Å². The van der Waals surface area contributed by atoms with E-state index in [1.807, 2.05) is 84.9 Å². The van der Waals surface area contributed by atoms with Crippen LogP contribution in [0.25, 0.3) is 5.32 Å². The van der Waals surface area contributed by atoms with Gasteiger partial charge in [-0.3, -0.25) is 4.79 Å². The van der Waals surface area contributed by atoms with Crippen molar-refractivity contribution >= 4 is 11.6 Å². The second kappa shape index (κ2) is 9.21. The number of amides is 1. The van der Waals surface area contributed by atoms with Gasteiger partial charge in [-0.25, -0.2) is 0 Å². The van der Waals surface area contributed by atoms with Gasteiger partial charge in [0.1, 0.15) is 0 Å². The number of para-hydroxylation sites is 1. The summed E-state index contributed by atoms with van der Waals surface area (Å²) in [6.45, 7) is 0.0353. The van der Waals surface area contributed by atoms with Crippen molar-refractivity contribution in [3.63, 3.8) is 0 Å². The molecule has 0 aliphatic heterocycles. The highest BCUT2D eigenvalue weighted by Crippen LogP contribution is 2.43. The monoisotopic (exact) mass is 391 g/mol. The molecular weight excluding hydrogens is 368 g/mol. The Bertz CT molecular complexity index is 968. The third-order valence-corrected chi connectivity index (χ3v) is 5.09. The van der Waals surface area contributed by atoms with Gasteiger partial charge in [-0.05, 0) is 17.7 Å². The van der Waals surface area contributed by atoms with Crippen molar-refractivity contribution in [3.05, 3.63) is 143 Å². The number of hydrogen-bond acceptors (Lipinski definition) is 1. The number of carbonyl (C=O) groups is 1. The van der Waals surface area contributed by atoms with Gasteiger partial charge >= 0.3 is 0 Å². The SMILES string of the molecule is O=C(C[N-]C(c1ccccc1)(c1ccccc1)c1ccccc1)Nc1ccccc1. The van der Waals surface area contributed by atoms with E-state index in [1.165, 1.54) is 0 Å². The summed E-state index contributed by atoms with van der Waals surface area (Å²) in [6.07, 6.45) is 0. The number of nitrogens with zero attached hydrogens (tertiary/aromatic N) is 1. The van der Waals surface area contributed by atoms with Gasteiger partial charge < -0.3 is 10.6 Å². The lowest BCUT2D eigenvalue weighted by molar-refractivity contribution is -0.114. The molecule has 0 unspecified atom stereocenters. The fourth-order valence-corrected chi connectivity index (χ4v) is 3.72. The summed E-state index contributed by atoms with van der Waals surface area (Å²) in [5, 5.41) is 7.99. The molecule has 0 aliphatic rings. The van der Waals surface area contributed by atoms with Crippen molar-refractivity contribution in [2.24, 2.45) is 0 Å². The molecule has 0 aliphatic carbocycles. The summed E-state index contributed by atoms with van der Waals surface area (Å²) < 4.78 is 0. The minimum absolute atomic E-state index is 0.0353. The van der Waals surface area contributed by atoms with E-state index in [-0.39, 0.29) is 12.5 Å². The molecule has 3 heteroatoms. The minimum Gasteiger partial charge on any atom is -0.637 e. The highest BCUT2D eigenvalue weighted by Gasteiger charge is 2.27. The molecule has 0 saturated carbocycles. The van der Waals surface area contributed by atoms with Crippen molar-refractivity contribution in [1.29, 1.82) is 0 Å². The van der Waals surface area contributed by atoms with Crippen LogP contribution in [0.2, 0.25) is 0 Å². The van der Waals surface area contributed by atoms with E-state index in [1.54, 1.807) is 0 Å². The van der Waals surface area contributed by atoms with Crippen LogP contribution in [0.15, 0.2) is 121 Å². The second-order valence-corrected chi connectivity index (χ2v) is 7.04. The van der Waals surface area contributed by atoms with Crippen molar-refractivity contribution in [3.8, 4) is 0 Å². The smallest absolute Gasteiger partial charge is 0.203 e. The minimum atomic E-state index is -0.780. The van der Waals surface area contributed by atoms with Crippen molar-refractivity contribution in [2.45, 2.75) is 5.54 Å². The van der Waals surface area contributed by atoms with Crippen LogP contribution in [-0.4, -0.2) is 12.5 Å². The van der Waals surface area contributed by atoms with Crippen LogP contribution in [0.5, 0.6) is 0 Å². The molecule has 0 heterocycles. The Kier molecular flexibility index (Phi) is 6.02. The molecule has 30 heavy (non-hydrogen) atoms. The fraction of sp³-hybridized carbons (Fsp3) is 0.0741. The first-order chi connectivity index (χ1) is 14.8.